The Bertz CT molecular complexity index is 2520. The zero-order chi connectivity index (χ0) is 32.6. The van der Waals surface area contributed by atoms with E-state index in [1.165, 1.54) is 0 Å². The zero-order valence-electron chi connectivity index (χ0n) is 26.5. The fourth-order valence-electron chi connectivity index (χ4n) is 6.55. The second-order valence-corrected chi connectivity index (χ2v) is 12.0. The smallest absolute Gasteiger partial charge is 0.160 e. The molecule has 0 aliphatic rings. The van der Waals surface area contributed by atoms with Crippen molar-refractivity contribution in [3.05, 3.63) is 176 Å². The average molecular weight is 628 g/mol. The van der Waals surface area contributed by atoms with Gasteiger partial charge in [-0.2, -0.15) is 0 Å². The van der Waals surface area contributed by atoms with Gasteiger partial charge in [0.2, 0.25) is 0 Å². The minimum absolute atomic E-state index is 0.701. The van der Waals surface area contributed by atoms with Gasteiger partial charge in [-0.05, 0) is 41.5 Å². The largest absolute Gasteiger partial charge is 0.455 e. The van der Waals surface area contributed by atoms with E-state index in [0.29, 0.717) is 5.82 Å². The van der Waals surface area contributed by atoms with Crippen molar-refractivity contribution in [2.45, 2.75) is 0 Å². The molecule has 0 saturated heterocycles. The van der Waals surface area contributed by atoms with Gasteiger partial charge in [0.05, 0.1) is 17.1 Å². The number of nitrogens with zero attached hydrogens (tertiary/aromatic N) is 3. The van der Waals surface area contributed by atoms with Crippen LogP contribution in [0.3, 0.4) is 0 Å². The third-order valence-electron chi connectivity index (χ3n) is 8.96. The first-order chi connectivity index (χ1) is 24.3. The summed E-state index contributed by atoms with van der Waals surface area (Å²) in [5.41, 5.74) is 12.8. The van der Waals surface area contributed by atoms with E-state index in [2.05, 4.69) is 97.1 Å². The van der Waals surface area contributed by atoms with Crippen LogP contribution in [-0.2, 0) is 0 Å². The van der Waals surface area contributed by atoms with E-state index in [1.807, 2.05) is 79.0 Å². The Hall–Kier alpha value is -6.65. The lowest BCUT2D eigenvalue weighted by molar-refractivity contribution is 0.670. The highest BCUT2D eigenvalue weighted by Crippen LogP contribution is 2.41. The van der Waals surface area contributed by atoms with Crippen molar-refractivity contribution < 1.29 is 4.42 Å². The van der Waals surface area contributed by atoms with Gasteiger partial charge in [0, 0.05) is 50.4 Å². The van der Waals surface area contributed by atoms with E-state index in [9.17, 15) is 0 Å². The molecular weight excluding hydrogens is 599 g/mol. The summed E-state index contributed by atoms with van der Waals surface area (Å²) in [4.78, 5) is 14.9. The minimum Gasteiger partial charge on any atom is -0.455 e. The molecule has 230 valence electrons. The van der Waals surface area contributed by atoms with Gasteiger partial charge in [-0.1, -0.05) is 140 Å². The summed E-state index contributed by atoms with van der Waals surface area (Å²) < 4.78 is 6.44. The topological polar surface area (TPSA) is 51.8 Å². The standard InChI is InChI=1S/C45H29N3O/c1-4-13-30(14-5-1)38-27-35(28-39-37-19-10-11-21-42(37)49-44(38)39)43-36(20-12-26-46-43)31-22-24-33(25-23-31)41-29-40(32-15-6-2-7-16-32)47-45(48-41)34-17-8-3-9-18-34/h1-29H. The highest BCUT2D eigenvalue weighted by Gasteiger charge is 2.18. The van der Waals surface area contributed by atoms with Gasteiger partial charge in [-0.15, -0.1) is 0 Å². The Kier molecular flexibility index (Phi) is 7.10. The number of furan rings is 1. The molecule has 3 aromatic heterocycles. The molecule has 0 radical (unpaired) electrons. The molecule has 49 heavy (non-hydrogen) atoms. The molecular formula is C45H29N3O. The number of pyridine rings is 1. The summed E-state index contributed by atoms with van der Waals surface area (Å²) in [6.07, 6.45) is 1.87. The second-order valence-electron chi connectivity index (χ2n) is 12.0. The SMILES string of the molecule is c1ccc(-c2cc(-c3ccc(-c4cccnc4-c4cc(-c5ccccc5)c5oc6ccccc6c5c4)cc3)nc(-c3ccccc3)n2)cc1. The van der Waals surface area contributed by atoms with Crippen LogP contribution >= 0.6 is 0 Å². The first kappa shape index (κ1) is 28.6. The van der Waals surface area contributed by atoms with Crippen molar-refractivity contribution in [3.8, 4) is 67.4 Å². The van der Waals surface area contributed by atoms with Gasteiger partial charge < -0.3 is 4.42 Å². The molecule has 4 nitrogen and oxygen atoms in total. The van der Waals surface area contributed by atoms with Gasteiger partial charge >= 0.3 is 0 Å². The minimum atomic E-state index is 0.701. The maximum atomic E-state index is 6.44. The molecule has 0 N–H and O–H groups in total. The highest BCUT2D eigenvalue weighted by atomic mass is 16.3. The fraction of sp³-hybridized carbons (Fsp3) is 0. The van der Waals surface area contributed by atoms with E-state index < -0.39 is 0 Å². The van der Waals surface area contributed by atoms with E-state index in [-0.39, 0.29) is 0 Å². The Morgan fingerprint density at radius 2 is 0.959 bits per heavy atom. The summed E-state index contributed by atoms with van der Waals surface area (Å²) in [5, 5.41) is 2.17. The lowest BCUT2D eigenvalue weighted by Gasteiger charge is -2.13. The molecule has 0 spiro atoms. The second kappa shape index (κ2) is 12.2. The van der Waals surface area contributed by atoms with Gasteiger partial charge in [0.15, 0.2) is 5.82 Å². The van der Waals surface area contributed by atoms with Crippen LogP contribution in [0.1, 0.15) is 0 Å². The molecule has 3 heterocycles. The van der Waals surface area contributed by atoms with Crippen molar-refractivity contribution >= 4 is 21.9 Å². The van der Waals surface area contributed by atoms with Crippen LogP contribution in [0.5, 0.6) is 0 Å². The van der Waals surface area contributed by atoms with Crippen LogP contribution in [0.2, 0.25) is 0 Å². The van der Waals surface area contributed by atoms with Crippen molar-refractivity contribution in [3.63, 3.8) is 0 Å². The molecule has 0 atom stereocenters. The lowest BCUT2D eigenvalue weighted by atomic mass is 9.93. The van der Waals surface area contributed by atoms with Crippen molar-refractivity contribution in [1.29, 1.82) is 0 Å². The molecule has 0 aliphatic heterocycles. The third kappa shape index (κ3) is 5.35. The molecule has 0 amide bonds. The number of rotatable bonds is 6. The van der Waals surface area contributed by atoms with Gasteiger partial charge in [0.25, 0.3) is 0 Å². The van der Waals surface area contributed by atoms with E-state index in [4.69, 9.17) is 19.4 Å². The first-order valence-electron chi connectivity index (χ1n) is 16.4. The Labute approximate surface area is 284 Å². The van der Waals surface area contributed by atoms with Crippen LogP contribution < -0.4 is 0 Å². The molecule has 9 rings (SSSR count). The number of para-hydroxylation sites is 1. The van der Waals surface area contributed by atoms with Crippen molar-refractivity contribution in [2.75, 3.05) is 0 Å². The van der Waals surface area contributed by atoms with E-state index in [1.54, 1.807) is 0 Å². The predicted molar refractivity (Wildman–Crippen MR) is 200 cm³/mol. The quantitative estimate of drug-likeness (QED) is 0.184. The van der Waals surface area contributed by atoms with Gasteiger partial charge in [-0.3, -0.25) is 4.98 Å². The third-order valence-corrected chi connectivity index (χ3v) is 8.96. The van der Waals surface area contributed by atoms with Crippen LogP contribution in [0, 0.1) is 0 Å². The van der Waals surface area contributed by atoms with Crippen molar-refractivity contribution in [1.82, 2.24) is 15.0 Å². The Morgan fingerprint density at radius 3 is 1.67 bits per heavy atom. The molecule has 0 fully saturated rings. The summed E-state index contributed by atoms with van der Waals surface area (Å²) in [7, 11) is 0. The Balaban J connectivity index is 1.16. The lowest BCUT2D eigenvalue weighted by Crippen LogP contribution is -1.96. The molecule has 9 aromatic rings. The molecule has 0 bridgehead atoms. The molecule has 0 aliphatic carbocycles. The summed E-state index contributed by atoms with van der Waals surface area (Å²) in [6, 6.07) is 58.3. The number of hydrogen-bond acceptors (Lipinski definition) is 4. The molecule has 4 heteroatoms. The molecule has 6 aromatic carbocycles. The van der Waals surface area contributed by atoms with Crippen molar-refractivity contribution in [2.24, 2.45) is 0 Å². The highest BCUT2D eigenvalue weighted by molar-refractivity contribution is 6.11. The number of aromatic nitrogens is 3. The predicted octanol–water partition coefficient (Wildman–Crippen LogP) is 11.8. The Morgan fingerprint density at radius 1 is 0.388 bits per heavy atom. The van der Waals surface area contributed by atoms with Crippen LogP contribution in [0.15, 0.2) is 180 Å². The number of benzene rings is 6. The maximum Gasteiger partial charge on any atom is 0.160 e. The molecule has 0 saturated carbocycles. The fourth-order valence-corrected chi connectivity index (χ4v) is 6.55. The van der Waals surface area contributed by atoms with Crippen LogP contribution in [-0.4, -0.2) is 15.0 Å². The summed E-state index contributed by atoms with van der Waals surface area (Å²) >= 11 is 0. The van der Waals surface area contributed by atoms with Crippen LogP contribution in [0.25, 0.3) is 89.4 Å². The average Bonchev–Trinajstić information content (AvgIpc) is 3.57. The number of hydrogen-bond donors (Lipinski definition) is 0. The zero-order valence-corrected chi connectivity index (χ0v) is 26.5. The normalized spacial score (nSPS) is 11.3. The summed E-state index contributed by atoms with van der Waals surface area (Å²) in [5.74, 6) is 0.701. The number of fused-ring (bicyclic) bond motifs is 3. The van der Waals surface area contributed by atoms with E-state index >= 15 is 0 Å². The molecule has 0 unspecified atom stereocenters. The van der Waals surface area contributed by atoms with Gasteiger partial charge in [0.1, 0.15) is 11.2 Å². The summed E-state index contributed by atoms with van der Waals surface area (Å²) in [6.45, 7) is 0. The van der Waals surface area contributed by atoms with E-state index in [0.717, 1.165) is 83.5 Å². The maximum absolute atomic E-state index is 6.44. The first-order valence-corrected chi connectivity index (χ1v) is 16.4. The van der Waals surface area contributed by atoms with Crippen LogP contribution in [0.4, 0.5) is 0 Å². The monoisotopic (exact) mass is 627 g/mol. The van der Waals surface area contributed by atoms with Gasteiger partial charge in [-0.25, -0.2) is 9.97 Å².